The molecule has 32 heavy (non-hydrogen) atoms. The molecule has 1 amide bonds. The van der Waals surface area contributed by atoms with Crippen molar-refractivity contribution in [3.05, 3.63) is 100 Å². The summed E-state index contributed by atoms with van der Waals surface area (Å²) in [5.74, 6) is -0.239. The number of fused-ring (bicyclic) bond motifs is 1. The summed E-state index contributed by atoms with van der Waals surface area (Å²) in [7, 11) is 0. The molecule has 0 fully saturated rings. The highest BCUT2D eigenvalue weighted by Crippen LogP contribution is 2.33. The summed E-state index contributed by atoms with van der Waals surface area (Å²) in [4.78, 5) is 30.1. The highest BCUT2D eigenvalue weighted by Gasteiger charge is 2.35. The number of aromatic nitrogens is 2. The predicted octanol–water partition coefficient (Wildman–Crippen LogP) is 3.81. The molecule has 0 radical (unpaired) electrons. The number of halogens is 1. The molecule has 7 nitrogen and oxygen atoms in total. The zero-order valence-electron chi connectivity index (χ0n) is 17.2. The first-order valence-corrected chi connectivity index (χ1v) is 10.1. The lowest BCUT2D eigenvalue weighted by atomic mass is 10.0. The van der Waals surface area contributed by atoms with Crippen LogP contribution in [0.4, 0.5) is 4.39 Å². The van der Waals surface area contributed by atoms with Gasteiger partial charge < -0.3 is 4.42 Å². The van der Waals surface area contributed by atoms with Gasteiger partial charge in [0.2, 0.25) is 0 Å². The Bertz CT molecular complexity index is 1390. The first kappa shape index (κ1) is 19.9. The van der Waals surface area contributed by atoms with Crippen LogP contribution < -0.4 is 5.56 Å². The Kier molecular flexibility index (Phi) is 4.89. The van der Waals surface area contributed by atoms with Crippen molar-refractivity contribution >= 4 is 22.5 Å². The third kappa shape index (κ3) is 3.60. The largest absolute Gasteiger partial charge is 0.467 e. The zero-order valence-corrected chi connectivity index (χ0v) is 17.2. The van der Waals surface area contributed by atoms with Crippen molar-refractivity contribution in [2.75, 3.05) is 0 Å². The second kappa shape index (κ2) is 7.88. The minimum absolute atomic E-state index is 0.244. The molecule has 2 aromatic carbocycles. The molecule has 1 aliphatic heterocycles. The highest BCUT2D eigenvalue weighted by atomic mass is 19.1. The van der Waals surface area contributed by atoms with Gasteiger partial charge in [0.25, 0.3) is 11.5 Å². The Morgan fingerprint density at radius 2 is 2.00 bits per heavy atom. The predicted molar refractivity (Wildman–Crippen MR) is 117 cm³/mol. The van der Waals surface area contributed by atoms with Crippen molar-refractivity contribution < 1.29 is 13.6 Å². The maximum absolute atomic E-state index is 13.4. The molecule has 1 aliphatic rings. The van der Waals surface area contributed by atoms with Gasteiger partial charge >= 0.3 is 0 Å². The number of benzene rings is 2. The van der Waals surface area contributed by atoms with Crippen LogP contribution in [0.5, 0.6) is 0 Å². The Balaban J connectivity index is 1.48. The van der Waals surface area contributed by atoms with Crippen LogP contribution in [-0.4, -0.2) is 26.2 Å². The van der Waals surface area contributed by atoms with Gasteiger partial charge in [0, 0.05) is 12.5 Å². The molecule has 160 valence electrons. The van der Waals surface area contributed by atoms with Crippen LogP contribution in [0.25, 0.3) is 10.9 Å². The molecular formula is C24H19FN4O3. The van der Waals surface area contributed by atoms with Gasteiger partial charge in [-0.1, -0.05) is 29.8 Å². The van der Waals surface area contributed by atoms with Crippen LogP contribution in [-0.2, 0) is 11.3 Å². The third-order valence-electron chi connectivity index (χ3n) is 5.52. The zero-order chi connectivity index (χ0) is 22.2. The summed E-state index contributed by atoms with van der Waals surface area (Å²) in [5.41, 5.74) is 2.65. The molecule has 0 bridgehead atoms. The fourth-order valence-electron chi connectivity index (χ4n) is 3.83. The third-order valence-corrected chi connectivity index (χ3v) is 5.52. The molecule has 2 aromatic heterocycles. The molecule has 0 N–H and O–H groups in total. The maximum Gasteiger partial charge on any atom is 0.263 e. The second-order valence-corrected chi connectivity index (χ2v) is 7.73. The van der Waals surface area contributed by atoms with E-state index in [0.717, 1.165) is 16.8 Å². The summed E-state index contributed by atoms with van der Waals surface area (Å²) >= 11 is 0. The molecular weight excluding hydrogens is 411 g/mol. The van der Waals surface area contributed by atoms with E-state index in [1.165, 1.54) is 34.1 Å². The van der Waals surface area contributed by atoms with E-state index < -0.39 is 17.4 Å². The first-order chi connectivity index (χ1) is 15.5. The molecule has 0 spiro atoms. The second-order valence-electron chi connectivity index (χ2n) is 7.73. The molecule has 5 rings (SSSR count). The van der Waals surface area contributed by atoms with Gasteiger partial charge in [0.1, 0.15) is 24.2 Å². The fraction of sp³-hybridized carbons (Fsp3) is 0.167. The molecule has 3 heterocycles. The smallest absolute Gasteiger partial charge is 0.263 e. The molecule has 0 aliphatic carbocycles. The number of aryl methyl sites for hydroxylation is 1. The normalized spacial score (nSPS) is 15.9. The molecule has 0 saturated heterocycles. The van der Waals surface area contributed by atoms with E-state index in [-0.39, 0.29) is 23.4 Å². The number of amides is 1. The SMILES string of the molecule is Cc1ccc(C2=NN(C(=O)Cn3cnc4cc(F)ccc4c3=O)C(c3ccco3)C2)cc1. The van der Waals surface area contributed by atoms with E-state index in [0.29, 0.717) is 12.2 Å². The van der Waals surface area contributed by atoms with Crippen LogP contribution in [0, 0.1) is 12.7 Å². The van der Waals surface area contributed by atoms with Gasteiger partial charge in [-0.15, -0.1) is 0 Å². The van der Waals surface area contributed by atoms with Crippen molar-refractivity contribution in [1.82, 2.24) is 14.6 Å². The van der Waals surface area contributed by atoms with Crippen LogP contribution >= 0.6 is 0 Å². The van der Waals surface area contributed by atoms with Gasteiger partial charge in [0.15, 0.2) is 0 Å². The Hall–Kier alpha value is -4.07. The minimum Gasteiger partial charge on any atom is -0.467 e. The number of nitrogens with zero attached hydrogens (tertiary/aromatic N) is 4. The summed E-state index contributed by atoms with van der Waals surface area (Å²) in [6.07, 6.45) is 3.30. The first-order valence-electron chi connectivity index (χ1n) is 10.1. The number of hydrogen-bond acceptors (Lipinski definition) is 5. The van der Waals surface area contributed by atoms with Crippen molar-refractivity contribution in [1.29, 1.82) is 0 Å². The number of carbonyl (C=O) groups is 1. The molecule has 1 unspecified atom stereocenters. The van der Waals surface area contributed by atoms with Crippen LogP contribution in [0.3, 0.4) is 0 Å². The lowest BCUT2D eigenvalue weighted by molar-refractivity contribution is -0.134. The van der Waals surface area contributed by atoms with Crippen molar-refractivity contribution in [2.24, 2.45) is 5.10 Å². The van der Waals surface area contributed by atoms with E-state index in [2.05, 4.69) is 10.1 Å². The van der Waals surface area contributed by atoms with Gasteiger partial charge in [-0.2, -0.15) is 5.10 Å². The molecule has 8 heteroatoms. The maximum atomic E-state index is 13.4. The van der Waals surface area contributed by atoms with Crippen LogP contribution in [0.1, 0.15) is 29.3 Å². The van der Waals surface area contributed by atoms with Gasteiger partial charge in [0.05, 0.1) is 29.2 Å². The van der Waals surface area contributed by atoms with Crippen molar-refractivity contribution in [3.63, 3.8) is 0 Å². The number of rotatable bonds is 4. The van der Waals surface area contributed by atoms with Crippen LogP contribution in [0.15, 0.2) is 81.5 Å². The van der Waals surface area contributed by atoms with E-state index in [4.69, 9.17) is 4.42 Å². The van der Waals surface area contributed by atoms with Gasteiger partial charge in [-0.05, 0) is 36.8 Å². The number of hydrogen-bond donors (Lipinski definition) is 0. The quantitative estimate of drug-likeness (QED) is 0.493. The summed E-state index contributed by atoms with van der Waals surface area (Å²) in [6.45, 7) is 1.76. The van der Waals surface area contributed by atoms with Crippen molar-refractivity contribution in [3.8, 4) is 0 Å². The Labute approximate surface area is 182 Å². The monoisotopic (exact) mass is 430 g/mol. The highest BCUT2D eigenvalue weighted by molar-refractivity contribution is 6.03. The average molecular weight is 430 g/mol. The average Bonchev–Trinajstić information content (AvgIpc) is 3.46. The lowest BCUT2D eigenvalue weighted by Gasteiger charge is -2.20. The fourth-order valence-corrected chi connectivity index (χ4v) is 3.83. The summed E-state index contributed by atoms with van der Waals surface area (Å²) in [6, 6.07) is 14.8. The van der Waals surface area contributed by atoms with E-state index in [9.17, 15) is 14.0 Å². The standard InChI is InChI=1S/C24H19FN4O3/c1-15-4-6-16(7-5-15)19-12-21(22-3-2-10-32-22)29(27-19)23(30)13-28-14-26-20-11-17(25)8-9-18(20)24(28)31/h2-11,14,21H,12-13H2,1H3. The lowest BCUT2D eigenvalue weighted by Crippen LogP contribution is -2.34. The van der Waals surface area contributed by atoms with E-state index >= 15 is 0 Å². The Morgan fingerprint density at radius 1 is 1.19 bits per heavy atom. The van der Waals surface area contributed by atoms with Crippen LogP contribution in [0.2, 0.25) is 0 Å². The van der Waals surface area contributed by atoms with E-state index in [1.54, 1.807) is 18.4 Å². The number of hydrazone groups is 1. The number of furan rings is 1. The number of carbonyl (C=O) groups excluding carboxylic acids is 1. The topological polar surface area (TPSA) is 80.7 Å². The summed E-state index contributed by atoms with van der Waals surface area (Å²) in [5, 5.41) is 6.20. The summed E-state index contributed by atoms with van der Waals surface area (Å²) < 4.78 is 20.2. The van der Waals surface area contributed by atoms with Gasteiger partial charge in [-0.3, -0.25) is 14.2 Å². The van der Waals surface area contributed by atoms with Crippen molar-refractivity contribution in [2.45, 2.75) is 25.9 Å². The minimum atomic E-state index is -0.477. The molecule has 1 atom stereocenters. The van der Waals surface area contributed by atoms with Gasteiger partial charge in [-0.25, -0.2) is 14.4 Å². The Morgan fingerprint density at radius 3 is 2.75 bits per heavy atom. The molecule has 4 aromatic rings. The van der Waals surface area contributed by atoms with E-state index in [1.807, 2.05) is 31.2 Å². The molecule has 0 saturated carbocycles.